The summed E-state index contributed by atoms with van der Waals surface area (Å²) in [6.07, 6.45) is 13.5. The van der Waals surface area contributed by atoms with E-state index in [-0.39, 0.29) is 17.9 Å². The van der Waals surface area contributed by atoms with Crippen LogP contribution in [0.5, 0.6) is 0 Å². The molecule has 2 aromatic rings. The summed E-state index contributed by atoms with van der Waals surface area (Å²) in [5, 5.41) is 7.15. The maximum Gasteiger partial charge on any atom is 0.245 e. The molecule has 0 radical (unpaired) electrons. The smallest absolute Gasteiger partial charge is 0.245 e. The molecule has 1 aliphatic carbocycles. The molecule has 266 valence electrons. The predicted molar refractivity (Wildman–Crippen MR) is 199 cm³/mol. The van der Waals surface area contributed by atoms with Crippen molar-refractivity contribution in [1.29, 1.82) is 0 Å². The second kappa shape index (κ2) is 20.3. The Morgan fingerprint density at radius 3 is 2.10 bits per heavy atom. The lowest BCUT2D eigenvalue weighted by atomic mass is 9.85. The zero-order valence-corrected chi connectivity index (χ0v) is 30.9. The van der Waals surface area contributed by atoms with Gasteiger partial charge in [-0.3, -0.25) is 14.5 Å². The first-order valence-corrected chi connectivity index (χ1v) is 19.3. The van der Waals surface area contributed by atoms with Gasteiger partial charge in [-0.25, -0.2) is 0 Å². The fraction of sp³-hybridized carbons (Fsp3) is 0.650. The van der Waals surface area contributed by atoms with Gasteiger partial charge in [-0.2, -0.15) is 0 Å². The molecule has 2 N–H and O–H groups in total. The van der Waals surface area contributed by atoms with Gasteiger partial charge in [-0.1, -0.05) is 100 Å². The van der Waals surface area contributed by atoms with Gasteiger partial charge < -0.3 is 20.4 Å². The molecule has 3 fully saturated rings. The highest BCUT2D eigenvalue weighted by molar-refractivity contribution is 6.30. The van der Waals surface area contributed by atoms with Gasteiger partial charge >= 0.3 is 0 Å². The Hall–Kier alpha value is -2.45. The first-order valence-electron chi connectivity index (χ1n) is 18.9. The van der Waals surface area contributed by atoms with E-state index in [0.717, 1.165) is 24.6 Å². The third-order valence-corrected chi connectivity index (χ3v) is 10.8. The Bertz CT molecular complexity index is 1240. The molecule has 2 amide bonds. The van der Waals surface area contributed by atoms with Gasteiger partial charge in [-0.05, 0) is 87.5 Å². The number of nitrogens with zero attached hydrogens (tertiary/aromatic N) is 3. The van der Waals surface area contributed by atoms with Crippen molar-refractivity contribution in [3.63, 3.8) is 0 Å². The summed E-state index contributed by atoms with van der Waals surface area (Å²) >= 11 is 6.10. The van der Waals surface area contributed by atoms with Crippen molar-refractivity contribution in [1.82, 2.24) is 25.3 Å². The fourth-order valence-electron chi connectivity index (χ4n) is 7.68. The molecule has 4 aliphatic rings. The van der Waals surface area contributed by atoms with Crippen LogP contribution < -0.4 is 10.6 Å². The van der Waals surface area contributed by atoms with Gasteiger partial charge in [0.1, 0.15) is 6.04 Å². The molecule has 3 atom stereocenters. The van der Waals surface area contributed by atoms with Crippen molar-refractivity contribution in [2.75, 3.05) is 46.3 Å². The van der Waals surface area contributed by atoms with E-state index in [1.54, 1.807) is 0 Å². The molecular weight excluding hydrogens is 618 g/mol. The molecule has 48 heavy (non-hydrogen) atoms. The van der Waals surface area contributed by atoms with Crippen molar-refractivity contribution < 1.29 is 9.59 Å². The minimum atomic E-state index is -0.608. The predicted octanol–water partition coefficient (Wildman–Crippen LogP) is 6.71. The monoisotopic (exact) mass is 679 g/mol. The van der Waals surface area contributed by atoms with Crippen molar-refractivity contribution in [3.05, 3.63) is 70.2 Å². The molecule has 8 heteroatoms. The molecule has 0 aromatic heterocycles. The van der Waals surface area contributed by atoms with E-state index in [9.17, 15) is 9.59 Å². The number of amides is 2. The summed E-state index contributed by atoms with van der Waals surface area (Å²) in [6, 6.07) is 15.4. The number of likely N-dealkylation sites (tertiary alicyclic amines) is 1. The summed E-state index contributed by atoms with van der Waals surface area (Å²) in [5.41, 5.74) is 3.40. The minimum absolute atomic E-state index is 0.00842. The highest BCUT2D eigenvalue weighted by Crippen LogP contribution is 2.29. The van der Waals surface area contributed by atoms with Gasteiger partial charge in [0.15, 0.2) is 0 Å². The van der Waals surface area contributed by atoms with Crippen LogP contribution in [0, 0.1) is 5.92 Å². The lowest BCUT2D eigenvalue weighted by Crippen LogP contribution is -2.59. The number of fused-ring (bicyclic) bond motifs is 1. The molecule has 6 rings (SSSR count). The van der Waals surface area contributed by atoms with Gasteiger partial charge in [0.05, 0.1) is 6.04 Å². The standard InChI is InChI=1S/C32H43ClN4O2.C6H13N.C2H6/c1-23(19-24-7-3-2-4-8-24)36-15-17-37(18-16-36)32(39)30(20-25-11-13-28(33)14-12-25)35-31(38)29-21-26-9-5-6-10-27(26)22-34-29;1-7-5-3-2-4-6-7;1-2/h5-6,9-14,23-24,29-30,34H,2-4,7-8,15-22H2,1H3,(H,35,38);2-6H2,1H3;1-2H3. The van der Waals surface area contributed by atoms with Crippen molar-refractivity contribution in [3.8, 4) is 0 Å². The van der Waals surface area contributed by atoms with Gasteiger partial charge in [0.25, 0.3) is 0 Å². The summed E-state index contributed by atoms with van der Waals surface area (Å²) in [6.45, 7) is 12.8. The van der Waals surface area contributed by atoms with Crippen LogP contribution in [-0.4, -0.2) is 91.0 Å². The highest BCUT2D eigenvalue weighted by Gasteiger charge is 2.33. The molecule has 7 nitrogen and oxygen atoms in total. The molecule has 3 heterocycles. The number of piperazine rings is 1. The zero-order valence-electron chi connectivity index (χ0n) is 30.2. The van der Waals surface area contributed by atoms with Crippen LogP contribution in [0.1, 0.15) is 95.2 Å². The fourth-order valence-corrected chi connectivity index (χ4v) is 7.80. The Kier molecular flexibility index (Phi) is 16.2. The lowest BCUT2D eigenvalue weighted by molar-refractivity contribution is -0.138. The Morgan fingerprint density at radius 2 is 1.48 bits per heavy atom. The largest absolute Gasteiger partial charge is 0.343 e. The maximum atomic E-state index is 13.8. The third kappa shape index (κ3) is 11.9. The summed E-state index contributed by atoms with van der Waals surface area (Å²) < 4.78 is 0. The topological polar surface area (TPSA) is 67.9 Å². The second-order valence-corrected chi connectivity index (χ2v) is 14.5. The number of benzene rings is 2. The Balaban J connectivity index is 0.000000507. The number of carbonyl (C=O) groups is 2. The van der Waals surface area contributed by atoms with E-state index < -0.39 is 6.04 Å². The van der Waals surface area contributed by atoms with E-state index in [1.165, 1.54) is 82.0 Å². The minimum Gasteiger partial charge on any atom is -0.343 e. The third-order valence-electron chi connectivity index (χ3n) is 10.6. The molecule has 3 aliphatic heterocycles. The molecule has 3 unspecified atom stereocenters. The van der Waals surface area contributed by atoms with Crippen LogP contribution in [0.3, 0.4) is 0 Å². The van der Waals surface area contributed by atoms with Crippen molar-refractivity contribution in [2.24, 2.45) is 5.92 Å². The Labute approximate surface area is 296 Å². The average Bonchev–Trinajstić information content (AvgIpc) is 3.13. The lowest BCUT2D eigenvalue weighted by Gasteiger charge is -2.40. The quantitative estimate of drug-likeness (QED) is 0.325. The van der Waals surface area contributed by atoms with Gasteiger partial charge in [0.2, 0.25) is 11.8 Å². The summed E-state index contributed by atoms with van der Waals surface area (Å²) in [5.74, 6) is 0.749. The Morgan fingerprint density at radius 1 is 0.854 bits per heavy atom. The van der Waals surface area contributed by atoms with Crippen LogP contribution in [0.2, 0.25) is 5.02 Å². The van der Waals surface area contributed by atoms with Crippen LogP contribution in [0.25, 0.3) is 0 Å². The summed E-state index contributed by atoms with van der Waals surface area (Å²) in [4.78, 5) is 34.1. The van der Waals surface area contributed by atoms with E-state index in [2.05, 4.69) is 46.5 Å². The summed E-state index contributed by atoms with van der Waals surface area (Å²) in [7, 11) is 2.19. The van der Waals surface area contributed by atoms with Gasteiger partial charge in [0, 0.05) is 50.2 Å². The van der Waals surface area contributed by atoms with Crippen LogP contribution in [0.15, 0.2) is 48.5 Å². The number of nitrogens with one attached hydrogen (secondary N) is 2. The number of rotatable bonds is 8. The molecule has 0 spiro atoms. The van der Waals surface area contributed by atoms with Crippen molar-refractivity contribution in [2.45, 2.75) is 116 Å². The van der Waals surface area contributed by atoms with E-state index in [0.29, 0.717) is 43.5 Å². The highest BCUT2D eigenvalue weighted by atomic mass is 35.5. The van der Waals surface area contributed by atoms with Crippen molar-refractivity contribution >= 4 is 23.4 Å². The van der Waals surface area contributed by atoms with Crippen LogP contribution in [0.4, 0.5) is 0 Å². The maximum absolute atomic E-state index is 13.8. The number of hydrogen-bond donors (Lipinski definition) is 2. The van der Waals surface area contributed by atoms with Gasteiger partial charge in [-0.15, -0.1) is 0 Å². The van der Waals surface area contributed by atoms with Crippen LogP contribution in [-0.2, 0) is 29.0 Å². The number of hydrogen-bond acceptors (Lipinski definition) is 5. The number of piperidine rings is 1. The first kappa shape index (κ1) is 38.4. The average molecular weight is 680 g/mol. The molecular formula is C40H62ClN5O2. The van der Waals surface area contributed by atoms with Crippen LogP contribution >= 0.6 is 11.6 Å². The van der Waals surface area contributed by atoms with E-state index >= 15 is 0 Å². The molecule has 2 saturated heterocycles. The molecule has 0 bridgehead atoms. The first-order chi connectivity index (χ1) is 23.4. The second-order valence-electron chi connectivity index (χ2n) is 14.1. The molecule has 1 saturated carbocycles. The number of carbonyl (C=O) groups excluding carboxylic acids is 2. The normalized spacial score (nSPS) is 21.8. The van der Waals surface area contributed by atoms with E-state index in [1.807, 2.05) is 55.1 Å². The zero-order chi connectivity index (χ0) is 34.3. The SMILES string of the molecule is CC.CC(CC1CCCCC1)N1CCN(C(=O)C(Cc2ccc(Cl)cc2)NC(=O)C2Cc3ccccc3CN2)CC1.CN1CCCCC1. The molecule has 2 aromatic carbocycles. The number of halogens is 1. The van der Waals surface area contributed by atoms with E-state index in [4.69, 9.17) is 11.6 Å².